The summed E-state index contributed by atoms with van der Waals surface area (Å²) in [5, 5.41) is 20.4. The predicted octanol–water partition coefficient (Wildman–Crippen LogP) is 1.62. The van der Waals surface area contributed by atoms with E-state index in [-0.39, 0.29) is 6.54 Å². The molecule has 3 N–H and O–H groups in total. The third-order valence-electron chi connectivity index (χ3n) is 2.45. The van der Waals surface area contributed by atoms with Crippen LogP contribution in [0.5, 0.6) is 0 Å². The SMILES string of the molecule is OCC(O)CNC(CC(F)(F)F)c1ccccc1. The van der Waals surface area contributed by atoms with E-state index in [4.69, 9.17) is 10.2 Å². The molecule has 2 unspecified atom stereocenters. The summed E-state index contributed by atoms with van der Waals surface area (Å²) in [5.41, 5.74) is 0.500. The molecule has 0 aromatic heterocycles. The molecule has 102 valence electrons. The summed E-state index contributed by atoms with van der Waals surface area (Å²) in [6, 6.07) is 7.29. The number of benzene rings is 1. The van der Waals surface area contributed by atoms with E-state index in [1.807, 2.05) is 0 Å². The van der Waals surface area contributed by atoms with E-state index in [1.165, 1.54) is 0 Å². The number of halogens is 3. The second-order valence-corrected chi connectivity index (χ2v) is 4.03. The van der Waals surface area contributed by atoms with E-state index < -0.39 is 31.3 Å². The maximum Gasteiger partial charge on any atom is 0.390 e. The minimum Gasteiger partial charge on any atom is -0.394 e. The fourth-order valence-electron chi connectivity index (χ4n) is 1.57. The smallest absolute Gasteiger partial charge is 0.390 e. The Morgan fingerprint density at radius 3 is 2.28 bits per heavy atom. The Hall–Kier alpha value is -1.11. The summed E-state index contributed by atoms with van der Waals surface area (Å²) in [6.45, 7) is -0.577. The molecule has 0 aliphatic carbocycles. The van der Waals surface area contributed by atoms with Crippen molar-refractivity contribution >= 4 is 0 Å². The van der Waals surface area contributed by atoms with Gasteiger partial charge in [0.05, 0.1) is 19.1 Å². The summed E-state index contributed by atoms with van der Waals surface area (Å²) in [6.07, 6.45) is -6.38. The van der Waals surface area contributed by atoms with E-state index in [0.717, 1.165) is 0 Å². The van der Waals surface area contributed by atoms with Gasteiger partial charge in [-0.3, -0.25) is 0 Å². The van der Waals surface area contributed by atoms with Crippen molar-refractivity contribution in [1.29, 1.82) is 0 Å². The van der Waals surface area contributed by atoms with E-state index in [2.05, 4.69) is 5.32 Å². The van der Waals surface area contributed by atoms with Crippen molar-refractivity contribution in [3.05, 3.63) is 35.9 Å². The van der Waals surface area contributed by atoms with Crippen molar-refractivity contribution in [2.24, 2.45) is 0 Å². The van der Waals surface area contributed by atoms with Crippen molar-refractivity contribution in [2.75, 3.05) is 13.2 Å². The Morgan fingerprint density at radius 1 is 1.17 bits per heavy atom. The van der Waals surface area contributed by atoms with Gasteiger partial charge in [0.1, 0.15) is 0 Å². The van der Waals surface area contributed by atoms with Crippen LogP contribution >= 0.6 is 0 Å². The summed E-state index contributed by atoms with van der Waals surface area (Å²) in [4.78, 5) is 0. The summed E-state index contributed by atoms with van der Waals surface area (Å²) < 4.78 is 37.3. The highest BCUT2D eigenvalue weighted by molar-refractivity contribution is 5.19. The molecule has 0 fully saturated rings. The molecule has 1 aromatic carbocycles. The van der Waals surface area contributed by atoms with Crippen molar-refractivity contribution < 1.29 is 23.4 Å². The maximum atomic E-state index is 12.4. The van der Waals surface area contributed by atoms with Gasteiger partial charge in [-0.15, -0.1) is 0 Å². The van der Waals surface area contributed by atoms with Crippen LogP contribution in [0.4, 0.5) is 13.2 Å². The molecule has 0 aliphatic rings. The van der Waals surface area contributed by atoms with E-state index in [0.29, 0.717) is 5.56 Å². The molecule has 0 amide bonds. The first-order chi connectivity index (χ1) is 8.42. The van der Waals surface area contributed by atoms with E-state index in [9.17, 15) is 13.2 Å². The zero-order valence-electron chi connectivity index (χ0n) is 9.69. The molecule has 0 saturated carbocycles. The van der Waals surface area contributed by atoms with Crippen LogP contribution in [-0.2, 0) is 0 Å². The Balaban J connectivity index is 2.70. The molecule has 0 spiro atoms. The Kier molecular flexibility index (Phi) is 5.58. The number of rotatable bonds is 6. The van der Waals surface area contributed by atoms with Crippen LogP contribution in [0.25, 0.3) is 0 Å². The third-order valence-corrected chi connectivity index (χ3v) is 2.45. The van der Waals surface area contributed by atoms with Crippen LogP contribution in [0.15, 0.2) is 30.3 Å². The molecule has 0 radical (unpaired) electrons. The van der Waals surface area contributed by atoms with Gasteiger partial charge in [0.15, 0.2) is 0 Å². The lowest BCUT2D eigenvalue weighted by Gasteiger charge is -2.22. The highest BCUT2D eigenvalue weighted by Crippen LogP contribution is 2.29. The number of aliphatic hydroxyl groups excluding tert-OH is 2. The second-order valence-electron chi connectivity index (χ2n) is 4.03. The summed E-state index contributed by atoms with van der Waals surface area (Å²) >= 11 is 0. The molecule has 3 nitrogen and oxygen atoms in total. The van der Waals surface area contributed by atoms with Crippen molar-refractivity contribution in [1.82, 2.24) is 5.32 Å². The fraction of sp³-hybridized carbons (Fsp3) is 0.500. The lowest BCUT2D eigenvalue weighted by atomic mass is 10.0. The highest BCUT2D eigenvalue weighted by Gasteiger charge is 2.32. The first kappa shape index (κ1) is 14.9. The third kappa shape index (κ3) is 5.48. The van der Waals surface area contributed by atoms with E-state index >= 15 is 0 Å². The van der Waals surface area contributed by atoms with Crippen molar-refractivity contribution in [3.63, 3.8) is 0 Å². The van der Waals surface area contributed by atoms with Gasteiger partial charge >= 0.3 is 6.18 Å². The molecule has 6 heteroatoms. The van der Waals surface area contributed by atoms with Crippen molar-refractivity contribution in [3.8, 4) is 0 Å². The zero-order chi connectivity index (χ0) is 13.6. The molecule has 2 atom stereocenters. The molecule has 1 aromatic rings. The number of nitrogens with one attached hydrogen (secondary N) is 1. The minimum absolute atomic E-state index is 0.0911. The topological polar surface area (TPSA) is 52.5 Å². The molecule has 0 bridgehead atoms. The zero-order valence-corrected chi connectivity index (χ0v) is 9.69. The van der Waals surface area contributed by atoms with E-state index in [1.54, 1.807) is 30.3 Å². The van der Waals surface area contributed by atoms with Crippen LogP contribution in [0.1, 0.15) is 18.0 Å². The lowest BCUT2D eigenvalue weighted by Crippen LogP contribution is -2.34. The predicted molar refractivity (Wildman–Crippen MR) is 61.0 cm³/mol. The quantitative estimate of drug-likeness (QED) is 0.731. The largest absolute Gasteiger partial charge is 0.394 e. The van der Waals surface area contributed by atoms with Gasteiger partial charge in [-0.2, -0.15) is 13.2 Å². The molecular formula is C12H16F3NO2. The summed E-state index contributed by atoms with van der Waals surface area (Å²) in [7, 11) is 0. The second kappa shape index (κ2) is 6.72. The van der Waals surface area contributed by atoms with Gasteiger partial charge in [0.2, 0.25) is 0 Å². The number of alkyl halides is 3. The molecule has 18 heavy (non-hydrogen) atoms. The molecular weight excluding hydrogens is 247 g/mol. The van der Waals surface area contributed by atoms with Crippen LogP contribution in [0.3, 0.4) is 0 Å². The van der Waals surface area contributed by atoms with Crippen molar-refractivity contribution in [2.45, 2.75) is 24.7 Å². The van der Waals surface area contributed by atoms with Gasteiger partial charge in [0.25, 0.3) is 0 Å². The monoisotopic (exact) mass is 263 g/mol. The van der Waals surface area contributed by atoms with Gasteiger partial charge in [-0.1, -0.05) is 30.3 Å². The Labute approximate surface area is 103 Å². The minimum atomic E-state index is -4.29. The fourth-order valence-corrected chi connectivity index (χ4v) is 1.57. The Morgan fingerprint density at radius 2 is 1.78 bits per heavy atom. The lowest BCUT2D eigenvalue weighted by molar-refractivity contribution is -0.140. The average Bonchev–Trinajstić information content (AvgIpc) is 2.33. The Bertz CT molecular complexity index is 343. The molecule has 0 saturated heterocycles. The first-order valence-electron chi connectivity index (χ1n) is 5.56. The number of hydrogen-bond acceptors (Lipinski definition) is 3. The van der Waals surface area contributed by atoms with Crippen LogP contribution in [0, 0.1) is 0 Å². The number of aliphatic hydroxyl groups is 2. The molecule has 0 heterocycles. The van der Waals surface area contributed by atoms with Gasteiger partial charge in [0, 0.05) is 12.6 Å². The van der Waals surface area contributed by atoms with Crippen LogP contribution < -0.4 is 5.32 Å². The summed E-state index contributed by atoms with van der Waals surface area (Å²) in [5.74, 6) is 0. The first-order valence-corrected chi connectivity index (χ1v) is 5.56. The number of hydrogen-bond donors (Lipinski definition) is 3. The highest BCUT2D eigenvalue weighted by atomic mass is 19.4. The molecule has 1 rings (SSSR count). The standard InChI is InChI=1S/C12H16F3NO2/c13-12(14,15)6-11(16-7-10(18)8-17)9-4-2-1-3-5-9/h1-5,10-11,16-18H,6-8H2. The van der Waals surface area contributed by atoms with Gasteiger partial charge < -0.3 is 15.5 Å². The normalized spacial score (nSPS) is 15.4. The molecule has 0 aliphatic heterocycles. The maximum absolute atomic E-state index is 12.4. The van der Waals surface area contributed by atoms with Crippen LogP contribution in [0.2, 0.25) is 0 Å². The average molecular weight is 263 g/mol. The van der Waals surface area contributed by atoms with Gasteiger partial charge in [-0.05, 0) is 5.56 Å². The van der Waals surface area contributed by atoms with Crippen LogP contribution in [-0.4, -0.2) is 35.6 Å². The van der Waals surface area contributed by atoms with Gasteiger partial charge in [-0.25, -0.2) is 0 Å².